The Morgan fingerprint density at radius 1 is 1.16 bits per heavy atom. The Morgan fingerprint density at radius 2 is 1.92 bits per heavy atom. The van der Waals surface area contributed by atoms with Gasteiger partial charge in [0.2, 0.25) is 0 Å². The number of fused-ring (bicyclic) bond motifs is 1. The van der Waals surface area contributed by atoms with Crippen molar-refractivity contribution < 1.29 is 19.1 Å². The Bertz CT molecular complexity index is 1010. The largest absolute Gasteiger partial charge is 0.505 e. The van der Waals surface area contributed by atoms with Crippen LogP contribution in [-0.4, -0.2) is 17.7 Å². The molecule has 7 nitrogen and oxygen atoms in total. The van der Waals surface area contributed by atoms with Gasteiger partial charge < -0.3 is 14.3 Å². The first-order valence-electron chi connectivity index (χ1n) is 7.53. The molecule has 126 valence electrons. The van der Waals surface area contributed by atoms with Crippen LogP contribution in [0, 0.1) is 0 Å². The van der Waals surface area contributed by atoms with Gasteiger partial charge in [-0.1, -0.05) is 18.2 Å². The fraction of sp³-hybridized carbons (Fsp3) is 0.111. The van der Waals surface area contributed by atoms with E-state index in [0.29, 0.717) is 11.1 Å². The highest BCUT2D eigenvalue weighted by Crippen LogP contribution is 2.32. The van der Waals surface area contributed by atoms with Crippen molar-refractivity contribution in [3.05, 3.63) is 64.5 Å². The van der Waals surface area contributed by atoms with Crippen molar-refractivity contribution >= 4 is 28.3 Å². The number of esters is 1. The van der Waals surface area contributed by atoms with Crippen LogP contribution in [0.25, 0.3) is 11.0 Å². The van der Waals surface area contributed by atoms with Crippen LogP contribution in [0.1, 0.15) is 17.3 Å². The van der Waals surface area contributed by atoms with E-state index in [1.807, 2.05) is 18.2 Å². The molecule has 0 aliphatic rings. The number of hydrogen-bond acceptors (Lipinski definition) is 7. The number of carbonyl (C=O) groups excluding carboxylic acids is 1. The summed E-state index contributed by atoms with van der Waals surface area (Å²) in [6.07, 6.45) is 0. The number of nitrogens with zero attached hydrogens (tertiary/aromatic N) is 2. The molecule has 0 aliphatic carbocycles. The fourth-order valence-electron chi connectivity index (χ4n) is 2.18. The minimum absolute atomic E-state index is 0.134. The molecule has 25 heavy (non-hydrogen) atoms. The van der Waals surface area contributed by atoms with Crippen LogP contribution in [0.15, 0.2) is 68.0 Å². The van der Waals surface area contributed by atoms with E-state index in [9.17, 15) is 14.7 Å². The average Bonchev–Trinajstić information content (AvgIpc) is 2.60. The molecule has 3 rings (SSSR count). The zero-order chi connectivity index (χ0) is 17.8. The molecule has 0 unspecified atom stereocenters. The van der Waals surface area contributed by atoms with Crippen molar-refractivity contribution in [3.63, 3.8) is 0 Å². The maximum absolute atomic E-state index is 11.9. The summed E-state index contributed by atoms with van der Waals surface area (Å²) in [5, 5.41) is 18.5. The topological polar surface area (TPSA) is 101 Å². The van der Waals surface area contributed by atoms with Gasteiger partial charge in [0.1, 0.15) is 22.6 Å². The van der Waals surface area contributed by atoms with Crippen molar-refractivity contribution in [2.45, 2.75) is 6.92 Å². The molecule has 1 heterocycles. The summed E-state index contributed by atoms with van der Waals surface area (Å²) >= 11 is 0. The van der Waals surface area contributed by atoms with Crippen LogP contribution in [0.5, 0.6) is 5.75 Å². The van der Waals surface area contributed by atoms with Crippen LogP contribution in [0.2, 0.25) is 0 Å². The van der Waals surface area contributed by atoms with Gasteiger partial charge in [-0.15, -0.1) is 5.11 Å². The van der Waals surface area contributed by atoms with Crippen molar-refractivity contribution in [3.8, 4) is 5.75 Å². The summed E-state index contributed by atoms with van der Waals surface area (Å²) in [7, 11) is 0. The SMILES string of the molecule is CCOC(=O)c1cc2cc(N=Nc3ccccc3)c(O)cc2oc1=O. The first-order chi connectivity index (χ1) is 12.1. The number of phenolic OH excluding ortho intramolecular Hbond substituents is 1. The molecule has 2 aromatic carbocycles. The number of azo groups is 1. The Morgan fingerprint density at radius 3 is 2.64 bits per heavy atom. The predicted octanol–water partition coefficient (Wildman–Crippen LogP) is 4.09. The van der Waals surface area contributed by atoms with Crippen LogP contribution in [0.3, 0.4) is 0 Å². The lowest BCUT2D eigenvalue weighted by molar-refractivity contribution is 0.0522. The molecule has 0 saturated heterocycles. The summed E-state index contributed by atoms with van der Waals surface area (Å²) in [6.45, 7) is 1.78. The lowest BCUT2D eigenvalue weighted by Gasteiger charge is -2.04. The number of hydrogen-bond donors (Lipinski definition) is 1. The summed E-state index contributed by atoms with van der Waals surface area (Å²) in [4.78, 5) is 23.7. The maximum atomic E-state index is 11.9. The lowest BCUT2D eigenvalue weighted by Crippen LogP contribution is -2.16. The Hall–Kier alpha value is -3.48. The highest BCUT2D eigenvalue weighted by Gasteiger charge is 2.16. The number of benzene rings is 2. The molecule has 0 amide bonds. The molecule has 1 aromatic heterocycles. The highest BCUT2D eigenvalue weighted by atomic mass is 16.5. The molecular formula is C18H14N2O5. The van der Waals surface area contributed by atoms with Gasteiger partial charge >= 0.3 is 11.6 Å². The monoisotopic (exact) mass is 338 g/mol. The van der Waals surface area contributed by atoms with Gasteiger partial charge in [0, 0.05) is 11.5 Å². The Balaban J connectivity index is 2.04. The zero-order valence-electron chi connectivity index (χ0n) is 13.3. The van der Waals surface area contributed by atoms with Gasteiger partial charge in [0.25, 0.3) is 0 Å². The van der Waals surface area contributed by atoms with Crippen molar-refractivity contribution in [1.29, 1.82) is 0 Å². The van der Waals surface area contributed by atoms with E-state index in [0.717, 1.165) is 0 Å². The van der Waals surface area contributed by atoms with Gasteiger partial charge in [-0.25, -0.2) is 9.59 Å². The van der Waals surface area contributed by atoms with Crippen LogP contribution in [0.4, 0.5) is 11.4 Å². The Kier molecular flexibility index (Phi) is 4.56. The van der Waals surface area contributed by atoms with Gasteiger partial charge in [0.15, 0.2) is 0 Å². The number of rotatable bonds is 4. The van der Waals surface area contributed by atoms with Crippen LogP contribution < -0.4 is 5.63 Å². The van der Waals surface area contributed by atoms with Gasteiger partial charge in [-0.3, -0.25) is 0 Å². The first-order valence-corrected chi connectivity index (χ1v) is 7.53. The van der Waals surface area contributed by atoms with Gasteiger partial charge in [-0.05, 0) is 31.2 Å². The second-order valence-corrected chi connectivity index (χ2v) is 5.08. The van der Waals surface area contributed by atoms with E-state index in [2.05, 4.69) is 10.2 Å². The van der Waals surface area contributed by atoms with Crippen LogP contribution in [-0.2, 0) is 4.74 Å². The van der Waals surface area contributed by atoms with E-state index in [1.165, 1.54) is 18.2 Å². The molecule has 0 aliphatic heterocycles. The summed E-state index contributed by atoms with van der Waals surface area (Å²) < 4.78 is 9.90. The summed E-state index contributed by atoms with van der Waals surface area (Å²) in [5.74, 6) is -0.960. The third-order valence-corrected chi connectivity index (χ3v) is 3.35. The molecule has 3 aromatic rings. The highest BCUT2D eigenvalue weighted by molar-refractivity contribution is 5.94. The van der Waals surface area contributed by atoms with E-state index in [-0.39, 0.29) is 29.2 Å². The minimum Gasteiger partial charge on any atom is -0.505 e. The maximum Gasteiger partial charge on any atom is 0.351 e. The second kappa shape index (κ2) is 6.96. The van der Waals surface area contributed by atoms with E-state index < -0.39 is 11.6 Å². The number of aromatic hydroxyl groups is 1. The minimum atomic E-state index is -0.830. The first kappa shape index (κ1) is 16.4. The Labute approximate surface area is 142 Å². The molecule has 0 fully saturated rings. The van der Waals surface area contributed by atoms with Crippen molar-refractivity contribution in [2.75, 3.05) is 6.61 Å². The van der Waals surface area contributed by atoms with E-state index in [1.54, 1.807) is 19.1 Å². The molecule has 7 heteroatoms. The molecular weight excluding hydrogens is 324 g/mol. The van der Waals surface area contributed by atoms with E-state index in [4.69, 9.17) is 9.15 Å². The van der Waals surface area contributed by atoms with Crippen LogP contribution >= 0.6 is 0 Å². The molecule has 0 bridgehead atoms. The second-order valence-electron chi connectivity index (χ2n) is 5.08. The average molecular weight is 338 g/mol. The zero-order valence-corrected chi connectivity index (χ0v) is 13.3. The molecule has 0 saturated carbocycles. The standard InChI is InChI=1S/C18H14N2O5/c1-2-24-17(22)13-8-11-9-14(15(21)10-16(11)25-18(13)23)20-19-12-6-4-3-5-7-12/h3-10,21H,2H2,1H3. The third-order valence-electron chi connectivity index (χ3n) is 3.35. The number of phenols is 1. The fourth-order valence-corrected chi connectivity index (χ4v) is 2.18. The van der Waals surface area contributed by atoms with Gasteiger partial charge in [0.05, 0.1) is 12.3 Å². The molecule has 0 spiro atoms. The molecule has 1 N–H and O–H groups in total. The lowest BCUT2D eigenvalue weighted by atomic mass is 10.1. The third kappa shape index (κ3) is 3.55. The quantitative estimate of drug-likeness (QED) is 0.438. The van der Waals surface area contributed by atoms with Gasteiger partial charge in [-0.2, -0.15) is 5.11 Å². The van der Waals surface area contributed by atoms with Crippen molar-refractivity contribution in [2.24, 2.45) is 10.2 Å². The predicted molar refractivity (Wildman–Crippen MR) is 90.7 cm³/mol. The van der Waals surface area contributed by atoms with Crippen molar-refractivity contribution in [1.82, 2.24) is 0 Å². The van der Waals surface area contributed by atoms with E-state index >= 15 is 0 Å². The number of carbonyl (C=O) groups is 1. The summed E-state index contributed by atoms with van der Waals surface area (Å²) in [6, 6.07) is 13.1. The smallest absolute Gasteiger partial charge is 0.351 e. The number of ether oxygens (including phenoxy) is 1. The normalized spacial score (nSPS) is 11.1. The summed E-state index contributed by atoms with van der Waals surface area (Å²) in [5.41, 5.74) is -0.113. The molecule has 0 radical (unpaired) electrons. The molecule has 0 atom stereocenters.